The molecule has 2 heterocycles. The molecular formula is C24H25N3O3S. The Labute approximate surface area is 185 Å². The number of aromatic nitrogens is 3. The van der Waals surface area contributed by atoms with Crippen LogP contribution < -0.4 is 10.4 Å². The number of hydrogen-bond acceptors (Lipinski definition) is 6. The maximum atomic E-state index is 12.1. The molecule has 7 heteroatoms. The van der Waals surface area contributed by atoms with Crippen molar-refractivity contribution in [1.82, 2.24) is 15.2 Å². The third kappa shape index (κ3) is 4.99. The highest BCUT2D eigenvalue weighted by Gasteiger charge is 2.13. The van der Waals surface area contributed by atoms with E-state index in [2.05, 4.69) is 35.1 Å². The van der Waals surface area contributed by atoms with Crippen molar-refractivity contribution in [2.24, 2.45) is 0 Å². The van der Waals surface area contributed by atoms with E-state index >= 15 is 0 Å². The summed E-state index contributed by atoms with van der Waals surface area (Å²) in [5, 5.41) is 8.75. The predicted molar refractivity (Wildman–Crippen MR) is 123 cm³/mol. The number of H-pyrrole nitrogens is 1. The van der Waals surface area contributed by atoms with Gasteiger partial charge in [-0.05, 0) is 60.7 Å². The molecule has 0 bridgehead atoms. The predicted octanol–water partition coefficient (Wildman–Crippen LogP) is 5.52. The number of nitrogens with zero attached hydrogens (tertiary/aromatic N) is 2. The molecule has 4 aromatic rings. The van der Waals surface area contributed by atoms with Gasteiger partial charge < -0.3 is 9.15 Å². The van der Waals surface area contributed by atoms with E-state index in [1.165, 1.54) is 22.9 Å². The van der Waals surface area contributed by atoms with Gasteiger partial charge in [-0.15, -0.1) is 5.10 Å². The lowest BCUT2D eigenvalue weighted by Gasteiger charge is -2.12. The summed E-state index contributed by atoms with van der Waals surface area (Å²) in [6.45, 7) is 8.72. The Balaban J connectivity index is 1.48. The van der Waals surface area contributed by atoms with E-state index in [1.807, 2.05) is 44.2 Å². The molecule has 0 fully saturated rings. The summed E-state index contributed by atoms with van der Waals surface area (Å²) in [5.41, 5.74) is 4.75. The van der Waals surface area contributed by atoms with E-state index in [1.54, 1.807) is 6.07 Å². The van der Waals surface area contributed by atoms with Crippen molar-refractivity contribution >= 4 is 22.7 Å². The second-order valence-electron chi connectivity index (χ2n) is 7.91. The molecule has 0 aliphatic rings. The lowest BCUT2D eigenvalue weighted by Crippen LogP contribution is -2.02. The summed E-state index contributed by atoms with van der Waals surface area (Å²) < 4.78 is 11.2. The number of nitrogens with one attached hydrogen (secondary N) is 1. The Morgan fingerprint density at radius 1 is 1.13 bits per heavy atom. The van der Waals surface area contributed by atoms with Crippen LogP contribution >= 0.6 is 11.8 Å². The third-order valence-corrected chi connectivity index (χ3v) is 6.00. The molecule has 0 radical (unpaired) electrons. The largest absolute Gasteiger partial charge is 0.486 e. The first kappa shape index (κ1) is 21.2. The molecule has 2 aromatic carbocycles. The van der Waals surface area contributed by atoms with Crippen LogP contribution in [0.2, 0.25) is 0 Å². The Hall–Kier alpha value is -3.06. The summed E-state index contributed by atoms with van der Waals surface area (Å²) >= 11 is 1.47. The molecular weight excluding hydrogens is 410 g/mol. The van der Waals surface area contributed by atoms with E-state index in [-0.39, 0.29) is 5.63 Å². The van der Waals surface area contributed by atoms with Gasteiger partial charge in [-0.25, -0.2) is 9.78 Å². The molecule has 0 saturated heterocycles. The Bertz CT molecular complexity index is 1260. The number of aryl methyl sites for hydroxylation is 2. The van der Waals surface area contributed by atoms with Crippen LogP contribution in [0.15, 0.2) is 56.8 Å². The summed E-state index contributed by atoms with van der Waals surface area (Å²) in [7, 11) is 0. The molecule has 0 aliphatic carbocycles. The highest BCUT2D eigenvalue weighted by atomic mass is 32.2. The van der Waals surface area contributed by atoms with Crippen molar-refractivity contribution in [3.05, 3.63) is 81.0 Å². The first-order valence-electron chi connectivity index (χ1n) is 10.2. The number of rotatable bonds is 7. The molecule has 0 amide bonds. The number of benzene rings is 2. The molecule has 0 unspecified atom stereocenters. The van der Waals surface area contributed by atoms with Crippen molar-refractivity contribution in [3.8, 4) is 5.75 Å². The molecule has 0 aliphatic heterocycles. The fourth-order valence-electron chi connectivity index (χ4n) is 3.47. The fraction of sp³-hybridized carbons (Fsp3) is 0.292. The lowest BCUT2D eigenvalue weighted by atomic mass is 9.95. The zero-order valence-electron chi connectivity index (χ0n) is 18.1. The molecule has 2 aromatic heterocycles. The van der Waals surface area contributed by atoms with Gasteiger partial charge in [0.15, 0.2) is 5.82 Å². The molecule has 4 rings (SSSR count). The van der Waals surface area contributed by atoms with Gasteiger partial charge in [-0.3, -0.25) is 5.10 Å². The van der Waals surface area contributed by atoms with Gasteiger partial charge in [-0.1, -0.05) is 43.3 Å². The first-order valence-corrected chi connectivity index (χ1v) is 11.2. The Morgan fingerprint density at radius 3 is 2.65 bits per heavy atom. The van der Waals surface area contributed by atoms with Gasteiger partial charge in [0.05, 0.1) is 0 Å². The summed E-state index contributed by atoms with van der Waals surface area (Å²) in [4.78, 5) is 16.6. The van der Waals surface area contributed by atoms with Crippen LogP contribution in [0.1, 0.15) is 47.8 Å². The van der Waals surface area contributed by atoms with Crippen LogP contribution in [0.5, 0.6) is 5.75 Å². The number of aromatic amines is 1. The zero-order valence-corrected chi connectivity index (χ0v) is 18.9. The monoisotopic (exact) mass is 435 g/mol. The van der Waals surface area contributed by atoms with Gasteiger partial charge in [0.25, 0.3) is 0 Å². The summed E-state index contributed by atoms with van der Waals surface area (Å²) in [6, 6.07) is 13.5. The third-order valence-electron chi connectivity index (χ3n) is 5.10. The normalized spacial score (nSPS) is 11.4. The van der Waals surface area contributed by atoms with Gasteiger partial charge in [-0.2, -0.15) is 0 Å². The van der Waals surface area contributed by atoms with Crippen LogP contribution in [0, 0.1) is 13.8 Å². The minimum atomic E-state index is -0.345. The van der Waals surface area contributed by atoms with Crippen LogP contribution in [-0.2, 0) is 12.4 Å². The van der Waals surface area contributed by atoms with Gasteiger partial charge >= 0.3 is 5.63 Å². The van der Waals surface area contributed by atoms with E-state index < -0.39 is 0 Å². The first-order chi connectivity index (χ1) is 14.9. The van der Waals surface area contributed by atoms with Gasteiger partial charge in [0, 0.05) is 17.2 Å². The number of fused-ring (bicyclic) bond motifs is 1. The quantitative estimate of drug-likeness (QED) is 0.304. The molecule has 160 valence electrons. The van der Waals surface area contributed by atoms with E-state index in [9.17, 15) is 4.79 Å². The molecule has 1 N–H and O–H groups in total. The second kappa shape index (κ2) is 8.98. The van der Waals surface area contributed by atoms with Crippen molar-refractivity contribution in [1.29, 1.82) is 0 Å². The van der Waals surface area contributed by atoms with Crippen LogP contribution in [0.25, 0.3) is 11.0 Å². The molecule has 0 spiro atoms. The number of hydrogen-bond donors (Lipinski definition) is 1. The Kier molecular flexibility index (Phi) is 6.13. The summed E-state index contributed by atoms with van der Waals surface area (Å²) in [5.74, 6) is 2.40. The van der Waals surface area contributed by atoms with Crippen molar-refractivity contribution < 1.29 is 9.15 Å². The van der Waals surface area contributed by atoms with Crippen molar-refractivity contribution in [3.63, 3.8) is 0 Å². The zero-order chi connectivity index (χ0) is 22.0. The van der Waals surface area contributed by atoms with Gasteiger partial charge in [0.2, 0.25) is 5.16 Å². The smallest absolute Gasteiger partial charge is 0.336 e. The molecule has 6 nitrogen and oxygen atoms in total. The highest BCUT2D eigenvalue weighted by Crippen LogP contribution is 2.29. The average molecular weight is 436 g/mol. The maximum absolute atomic E-state index is 12.1. The SMILES string of the molecule is Cc1ccc(OCc2nc(SCc3cc(=O)oc4cc(C)c(C(C)C)cc34)n[nH]2)cc1. The van der Waals surface area contributed by atoms with E-state index in [4.69, 9.17) is 9.15 Å². The molecule has 0 saturated carbocycles. The topological polar surface area (TPSA) is 81.0 Å². The van der Waals surface area contributed by atoms with Crippen molar-refractivity contribution in [2.45, 2.75) is 51.1 Å². The van der Waals surface area contributed by atoms with Crippen LogP contribution in [0.3, 0.4) is 0 Å². The molecule has 31 heavy (non-hydrogen) atoms. The highest BCUT2D eigenvalue weighted by molar-refractivity contribution is 7.98. The number of thioether (sulfide) groups is 1. The summed E-state index contributed by atoms with van der Waals surface area (Å²) in [6.07, 6.45) is 0. The minimum Gasteiger partial charge on any atom is -0.486 e. The maximum Gasteiger partial charge on any atom is 0.336 e. The average Bonchev–Trinajstić information content (AvgIpc) is 3.18. The van der Waals surface area contributed by atoms with Crippen LogP contribution in [-0.4, -0.2) is 15.2 Å². The van der Waals surface area contributed by atoms with Crippen LogP contribution in [0.4, 0.5) is 0 Å². The van der Waals surface area contributed by atoms with Crippen molar-refractivity contribution in [2.75, 3.05) is 0 Å². The minimum absolute atomic E-state index is 0.311. The number of ether oxygens (including phenoxy) is 1. The Morgan fingerprint density at radius 2 is 1.90 bits per heavy atom. The fourth-order valence-corrected chi connectivity index (χ4v) is 4.28. The van der Waals surface area contributed by atoms with Gasteiger partial charge in [0.1, 0.15) is 17.9 Å². The standard InChI is InChI=1S/C24H25N3O3S/c1-14(2)19-11-20-17(10-23(28)30-21(20)9-16(19)4)13-31-24-25-22(26-27-24)12-29-18-7-5-15(3)6-8-18/h5-11,14H,12-13H2,1-4H3,(H,25,26,27). The van der Waals surface area contributed by atoms with E-state index in [0.29, 0.717) is 34.8 Å². The lowest BCUT2D eigenvalue weighted by molar-refractivity contribution is 0.296. The second-order valence-corrected chi connectivity index (χ2v) is 8.85. The van der Waals surface area contributed by atoms with E-state index in [0.717, 1.165) is 22.3 Å². The molecule has 0 atom stereocenters.